The summed E-state index contributed by atoms with van der Waals surface area (Å²) in [6, 6.07) is 2.17. The lowest BCUT2D eigenvalue weighted by Gasteiger charge is -2.20. The van der Waals surface area contributed by atoms with Gasteiger partial charge in [0.1, 0.15) is 0 Å². The summed E-state index contributed by atoms with van der Waals surface area (Å²) in [6.45, 7) is 8.88. The van der Waals surface area contributed by atoms with Crippen LogP contribution < -0.4 is 4.90 Å². The van der Waals surface area contributed by atoms with Gasteiger partial charge < -0.3 is 9.80 Å². The molecule has 2 aliphatic rings. The van der Waals surface area contributed by atoms with Crippen LogP contribution in [-0.4, -0.2) is 48.3 Å². The largest absolute Gasteiger partial charge is 0.354 e. The van der Waals surface area contributed by atoms with E-state index in [1.165, 1.54) is 18.7 Å². The van der Waals surface area contributed by atoms with E-state index >= 15 is 0 Å². The summed E-state index contributed by atoms with van der Waals surface area (Å²) >= 11 is 0. The quantitative estimate of drug-likeness (QED) is 0.725. The first-order valence-corrected chi connectivity index (χ1v) is 6.38. The lowest BCUT2D eigenvalue weighted by Crippen LogP contribution is -2.27. The van der Waals surface area contributed by atoms with Crippen LogP contribution in [0.1, 0.15) is 11.3 Å². The van der Waals surface area contributed by atoms with Gasteiger partial charge in [0.05, 0.1) is 5.69 Å². The van der Waals surface area contributed by atoms with E-state index in [9.17, 15) is 0 Å². The summed E-state index contributed by atoms with van der Waals surface area (Å²) in [6.07, 6.45) is 0. The minimum absolute atomic E-state index is 0.823. The van der Waals surface area contributed by atoms with Crippen molar-refractivity contribution in [3.8, 4) is 0 Å². The molecule has 2 saturated heterocycles. The van der Waals surface area contributed by atoms with Crippen LogP contribution in [0.2, 0.25) is 0 Å². The van der Waals surface area contributed by atoms with Gasteiger partial charge in [-0.1, -0.05) is 0 Å². The molecule has 3 heterocycles. The van der Waals surface area contributed by atoms with Crippen LogP contribution in [0.15, 0.2) is 6.07 Å². The fourth-order valence-corrected chi connectivity index (χ4v) is 3.10. The third-order valence-electron chi connectivity index (χ3n) is 4.21. The van der Waals surface area contributed by atoms with Crippen LogP contribution in [0.3, 0.4) is 0 Å². The number of aromatic nitrogens is 2. The zero-order valence-corrected chi connectivity index (χ0v) is 10.8. The average Bonchev–Trinajstić information content (AvgIpc) is 2.79. The van der Waals surface area contributed by atoms with Gasteiger partial charge in [-0.25, -0.2) is 0 Å². The van der Waals surface area contributed by atoms with Crippen molar-refractivity contribution in [3.63, 3.8) is 0 Å². The highest BCUT2D eigenvalue weighted by Gasteiger charge is 2.39. The molecule has 2 atom stereocenters. The molecule has 0 N–H and O–H groups in total. The number of aryl methyl sites for hydroxylation is 2. The van der Waals surface area contributed by atoms with Crippen molar-refractivity contribution in [1.29, 1.82) is 0 Å². The minimum atomic E-state index is 0.823. The first-order valence-electron chi connectivity index (χ1n) is 6.38. The number of hydrogen-bond donors (Lipinski definition) is 0. The Hall–Kier alpha value is -1.16. The van der Waals surface area contributed by atoms with E-state index in [4.69, 9.17) is 0 Å². The van der Waals surface area contributed by atoms with E-state index in [1.807, 2.05) is 6.92 Å². The molecule has 0 amide bonds. The van der Waals surface area contributed by atoms with E-state index in [-0.39, 0.29) is 0 Å². The second-order valence-corrected chi connectivity index (χ2v) is 5.62. The first-order chi connectivity index (χ1) is 8.13. The topological polar surface area (TPSA) is 32.3 Å². The van der Waals surface area contributed by atoms with Gasteiger partial charge >= 0.3 is 0 Å². The Balaban J connectivity index is 1.77. The van der Waals surface area contributed by atoms with Crippen molar-refractivity contribution in [1.82, 2.24) is 15.1 Å². The van der Waals surface area contributed by atoms with E-state index < -0.39 is 0 Å². The van der Waals surface area contributed by atoms with Gasteiger partial charge in [0.2, 0.25) is 0 Å². The molecule has 2 unspecified atom stereocenters. The maximum Gasteiger partial charge on any atom is 0.151 e. The second kappa shape index (κ2) is 3.95. The maximum atomic E-state index is 4.33. The van der Waals surface area contributed by atoms with Gasteiger partial charge in [-0.15, -0.1) is 5.10 Å². The molecule has 1 aromatic rings. The van der Waals surface area contributed by atoms with Crippen molar-refractivity contribution in [2.24, 2.45) is 11.8 Å². The molecule has 17 heavy (non-hydrogen) atoms. The van der Waals surface area contributed by atoms with Crippen molar-refractivity contribution in [3.05, 3.63) is 17.3 Å². The van der Waals surface area contributed by atoms with Crippen LogP contribution in [0, 0.1) is 25.7 Å². The summed E-state index contributed by atoms with van der Waals surface area (Å²) in [5.74, 6) is 2.71. The predicted molar refractivity (Wildman–Crippen MR) is 68.2 cm³/mol. The van der Waals surface area contributed by atoms with Crippen LogP contribution in [0.25, 0.3) is 0 Å². The first kappa shape index (κ1) is 11.0. The number of fused-ring (bicyclic) bond motifs is 1. The molecule has 0 spiro atoms. The molecular formula is C13H20N4. The Labute approximate surface area is 103 Å². The van der Waals surface area contributed by atoms with Crippen LogP contribution in [0.4, 0.5) is 5.82 Å². The molecule has 0 saturated carbocycles. The molecular weight excluding hydrogens is 212 g/mol. The number of nitrogens with zero attached hydrogens (tertiary/aromatic N) is 4. The van der Waals surface area contributed by atoms with Gasteiger partial charge in [-0.05, 0) is 44.4 Å². The van der Waals surface area contributed by atoms with Gasteiger partial charge in [0.25, 0.3) is 0 Å². The van der Waals surface area contributed by atoms with Crippen molar-refractivity contribution < 1.29 is 0 Å². The highest BCUT2D eigenvalue weighted by atomic mass is 15.3. The van der Waals surface area contributed by atoms with Gasteiger partial charge in [-0.2, -0.15) is 5.10 Å². The monoisotopic (exact) mass is 232 g/mol. The molecule has 2 aliphatic heterocycles. The van der Waals surface area contributed by atoms with Crippen molar-refractivity contribution in [2.75, 3.05) is 38.1 Å². The summed E-state index contributed by atoms with van der Waals surface area (Å²) < 4.78 is 0. The smallest absolute Gasteiger partial charge is 0.151 e. The number of anilines is 1. The zero-order chi connectivity index (χ0) is 12.0. The Morgan fingerprint density at radius 2 is 1.71 bits per heavy atom. The average molecular weight is 232 g/mol. The maximum absolute atomic E-state index is 4.33. The van der Waals surface area contributed by atoms with E-state index in [0.29, 0.717) is 0 Å². The normalized spacial score (nSPS) is 28.8. The summed E-state index contributed by atoms with van der Waals surface area (Å²) in [5, 5.41) is 8.56. The minimum Gasteiger partial charge on any atom is -0.354 e. The third-order valence-corrected chi connectivity index (χ3v) is 4.21. The molecule has 4 heteroatoms. The van der Waals surface area contributed by atoms with Gasteiger partial charge in [0, 0.05) is 26.2 Å². The molecule has 0 radical (unpaired) electrons. The Kier molecular flexibility index (Phi) is 2.54. The van der Waals surface area contributed by atoms with Crippen molar-refractivity contribution in [2.45, 2.75) is 13.8 Å². The highest BCUT2D eigenvalue weighted by Crippen LogP contribution is 2.32. The molecule has 2 fully saturated rings. The molecule has 92 valence electrons. The molecule has 0 aromatic carbocycles. The van der Waals surface area contributed by atoms with E-state index in [0.717, 1.165) is 36.4 Å². The Morgan fingerprint density at radius 3 is 2.29 bits per heavy atom. The lowest BCUT2D eigenvalue weighted by atomic mass is 10.0. The Bertz CT molecular complexity index is 417. The SMILES string of the molecule is Cc1cc(N2CC3CN(C)CC3C2)nnc1C. The van der Waals surface area contributed by atoms with E-state index in [2.05, 4.69) is 40.0 Å². The van der Waals surface area contributed by atoms with Gasteiger partial charge in [-0.3, -0.25) is 0 Å². The molecule has 3 rings (SSSR count). The molecule has 0 aliphatic carbocycles. The third kappa shape index (κ3) is 1.90. The standard InChI is InChI=1S/C13H20N4/c1-9-4-13(15-14-10(9)2)17-7-11-5-16(3)6-12(11)8-17/h4,11-12H,5-8H2,1-3H3. The molecule has 4 nitrogen and oxygen atoms in total. The number of rotatable bonds is 1. The van der Waals surface area contributed by atoms with Crippen LogP contribution >= 0.6 is 0 Å². The fourth-order valence-electron chi connectivity index (χ4n) is 3.10. The summed E-state index contributed by atoms with van der Waals surface area (Å²) in [5.41, 5.74) is 2.28. The lowest BCUT2D eigenvalue weighted by molar-refractivity contribution is 0.386. The molecule has 1 aromatic heterocycles. The zero-order valence-electron chi connectivity index (χ0n) is 10.8. The summed E-state index contributed by atoms with van der Waals surface area (Å²) in [4.78, 5) is 4.85. The second-order valence-electron chi connectivity index (χ2n) is 5.62. The van der Waals surface area contributed by atoms with Crippen LogP contribution in [-0.2, 0) is 0 Å². The number of hydrogen-bond acceptors (Lipinski definition) is 4. The van der Waals surface area contributed by atoms with Crippen molar-refractivity contribution >= 4 is 5.82 Å². The number of likely N-dealkylation sites (tertiary alicyclic amines) is 1. The summed E-state index contributed by atoms with van der Waals surface area (Å²) in [7, 11) is 2.22. The fraction of sp³-hybridized carbons (Fsp3) is 0.692. The van der Waals surface area contributed by atoms with Crippen LogP contribution in [0.5, 0.6) is 0 Å². The highest BCUT2D eigenvalue weighted by molar-refractivity contribution is 5.42. The Morgan fingerprint density at radius 1 is 1.06 bits per heavy atom. The van der Waals surface area contributed by atoms with E-state index in [1.54, 1.807) is 0 Å². The van der Waals surface area contributed by atoms with Gasteiger partial charge in [0.15, 0.2) is 5.82 Å². The predicted octanol–water partition coefficient (Wildman–Crippen LogP) is 1.09. The molecule has 0 bridgehead atoms.